The molecule has 0 saturated heterocycles. The van der Waals surface area contributed by atoms with E-state index in [1.807, 2.05) is 19.1 Å². The Bertz CT molecular complexity index is 606. The monoisotopic (exact) mass is 304 g/mol. The van der Waals surface area contributed by atoms with Crippen molar-refractivity contribution in [2.45, 2.75) is 30.7 Å². The van der Waals surface area contributed by atoms with Crippen molar-refractivity contribution in [3.8, 4) is 11.4 Å². The zero-order valence-corrected chi connectivity index (χ0v) is 13.6. The third kappa shape index (κ3) is 3.85. The van der Waals surface area contributed by atoms with Gasteiger partial charge in [-0.3, -0.25) is 9.89 Å². The average molecular weight is 304 g/mol. The number of benzene rings is 1. The van der Waals surface area contributed by atoms with Crippen LogP contribution in [0.2, 0.25) is 0 Å². The topological polar surface area (TPSA) is 61.9 Å². The molecule has 0 saturated carbocycles. The number of amides is 1. The number of hydrogen-bond donors (Lipinski definition) is 1. The Morgan fingerprint density at radius 3 is 2.57 bits per heavy atom. The van der Waals surface area contributed by atoms with Gasteiger partial charge in [0.15, 0.2) is 5.82 Å². The average Bonchev–Trinajstić information content (AvgIpc) is 2.94. The number of hydrogen-bond acceptors (Lipinski definition) is 4. The van der Waals surface area contributed by atoms with Gasteiger partial charge in [-0.25, -0.2) is 4.98 Å². The summed E-state index contributed by atoms with van der Waals surface area (Å²) in [6.07, 6.45) is 1.02. The Kier molecular flexibility index (Phi) is 5.01. The van der Waals surface area contributed by atoms with Crippen molar-refractivity contribution in [1.82, 2.24) is 20.1 Å². The van der Waals surface area contributed by atoms with E-state index in [9.17, 15) is 4.79 Å². The molecule has 1 aromatic carbocycles. The van der Waals surface area contributed by atoms with E-state index in [4.69, 9.17) is 0 Å². The second kappa shape index (κ2) is 6.76. The molecule has 1 heterocycles. The van der Waals surface area contributed by atoms with Crippen LogP contribution in [0.5, 0.6) is 0 Å². The summed E-state index contributed by atoms with van der Waals surface area (Å²) in [5.41, 5.74) is 2.29. The number of aryl methyl sites for hydroxylation is 1. The molecule has 5 nitrogen and oxygen atoms in total. The van der Waals surface area contributed by atoms with E-state index >= 15 is 0 Å². The Morgan fingerprint density at radius 1 is 1.33 bits per heavy atom. The Labute approximate surface area is 129 Å². The SMILES string of the molecule is CCc1ccc(-c2nc(S[C@@H](C)C(=O)N(C)C)n[nH]2)cc1. The number of H-pyrrole nitrogens is 1. The van der Waals surface area contributed by atoms with Crippen molar-refractivity contribution < 1.29 is 4.79 Å². The van der Waals surface area contributed by atoms with Gasteiger partial charge in [0.05, 0.1) is 5.25 Å². The summed E-state index contributed by atoms with van der Waals surface area (Å²) in [5, 5.41) is 7.49. The fraction of sp³-hybridized carbons (Fsp3) is 0.400. The lowest BCUT2D eigenvalue weighted by atomic mass is 10.1. The van der Waals surface area contributed by atoms with Crippen molar-refractivity contribution in [3.05, 3.63) is 29.8 Å². The van der Waals surface area contributed by atoms with Gasteiger partial charge < -0.3 is 4.90 Å². The number of carbonyl (C=O) groups excluding carboxylic acids is 1. The van der Waals surface area contributed by atoms with Crippen LogP contribution in [0, 0.1) is 0 Å². The summed E-state index contributed by atoms with van der Waals surface area (Å²) in [6, 6.07) is 8.23. The zero-order valence-electron chi connectivity index (χ0n) is 12.8. The van der Waals surface area contributed by atoms with Crippen molar-refractivity contribution in [1.29, 1.82) is 0 Å². The molecule has 0 bridgehead atoms. The molecule has 0 aliphatic rings. The van der Waals surface area contributed by atoms with E-state index < -0.39 is 0 Å². The third-order valence-corrected chi connectivity index (χ3v) is 4.12. The van der Waals surface area contributed by atoms with Gasteiger partial charge in [-0.05, 0) is 18.9 Å². The number of aromatic amines is 1. The maximum Gasteiger partial charge on any atom is 0.235 e. The largest absolute Gasteiger partial charge is 0.348 e. The minimum absolute atomic E-state index is 0.0543. The van der Waals surface area contributed by atoms with Gasteiger partial charge in [0.2, 0.25) is 11.1 Å². The van der Waals surface area contributed by atoms with Gasteiger partial charge in [0.1, 0.15) is 0 Å². The lowest BCUT2D eigenvalue weighted by Crippen LogP contribution is -2.29. The molecule has 0 unspecified atom stereocenters. The second-order valence-electron chi connectivity index (χ2n) is 5.01. The smallest absolute Gasteiger partial charge is 0.235 e. The van der Waals surface area contributed by atoms with Gasteiger partial charge in [-0.15, -0.1) is 5.10 Å². The van der Waals surface area contributed by atoms with E-state index in [2.05, 4.69) is 34.2 Å². The minimum atomic E-state index is -0.203. The van der Waals surface area contributed by atoms with Crippen molar-refractivity contribution >= 4 is 17.7 Å². The van der Waals surface area contributed by atoms with Crippen LogP contribution in [0.25, 0.3) is 11.4 Å². The van der Waals surface area contributed by atoms with Crippen LogP contribution in [0.3, 0.4) is 0 Å². The third-order valence-electron chi connectivity index (χ3n) is 3.17. The predicted octanol–water partition coefficient (Wildman–Crippen LogP) is 2.60. The summed E-state index contributed by atoms with van der Waals surface area (Å²) in [6.45, 7) is 3.99. The molecule has 0 radical (unpaired) electrons. The summed E-state index contributed by atoms with van der Waals surface area (Å²) in [7, 11) is 3.50. The summed E-state index contributed by atoms with van der Waals surface area (Å²) in [4.78, 5) is 17.9. The van der Waals surface area contributed by atoms with Crippen LogP contribution in [0.15, 0.2) is 29.4 Å². The van der Waals surface area contributed by atoms with Crippen molar-refractivity contribution in [2.75, 3.05) is 14.1 Å². The first-order valence-corrected chi connectivity index (χ1v) is 7.78. The lowest BCUT2D eigenvalue weighted by Gasteiger charge is -2.14. The molecule has 0 aliphatic heterocycles. The van der Waals surface area contributed by atoms with Gasteiger partial charge in [-0.1, -0.05) is 43.0 Å². The Balaban J connectivity index is 2.08. The highest BCUT2D eigenvalue weighted by Gasteiger charge is 2.18. The Morgan fingerprint density at radius 2 is 2.00 bits per heavy atom. The number of nitrogens with one attached hydrogen (secondary N) is 1. The van der Waals surface area contributed by atoms with Crippen LogP contribution in [0.1, 0.15) is 19.4 Å². The second-order valence-corrected chi connectivity index (χ2v) is 6.32. The molecule has 1 atom stereocenters. The molecule has 1 amide bonds. The van der Waals surface area contributed by atoms with Crippen molar-refractivity contribution in [3.63, 3.8) is 0 Å². The zero-order chi connectivity index (χ0) is 15.4. The molecule has 1 aromatic heterocycles. The quantitative estimate of drug-likeness (QED) is 0.863. The van der Waals surface area contributed by atoms with Crippen LogP contribution in [0.4, 0.5) is 0 Å². The summed E-state index contributed by atoms with van der Waals surface area (Å²) in [5.74, 6) is 0.781. The Hall–Kier alpha value is -1.82. The van der Waals surface area contributed by atoms with Crippen LogP contribution < -0.4 is 0 Å². The molecular formula is C15H20N4OS. The number of aromatic nitrogens is 3. The predicted molar refractivity (Wildman–Crippen MR) is 85.2 cm³/mol. The maximum absolute atomic E-state index is 11.8. The molecule has 1 N–H and O–H groups in total. The van der Waals surface area contributed by atoms with Crippen LogP contribution in [-0.4, -0.2) is 45.3 Å². The molecular weight excluding hydrogens is 284 g/mol. The molecule has 112 valence electrons. The highest BCUT2D eigenvalue weighted by atomic mass is 32.2. The van der Waals surface area contributed by atoms with E-state index in [0.717, 1.165) is 17.8 Å². The fourth-order valence-electron chi connectivity index (χ4n) is 1.90. The highest BCUT2D eigenvalue weighted by Crippen LogP contribution is 2.23. The summed E-state index contributed by atoms with van der Waals surface area (Å²) < 4.78 is 0. The molecule has 2 rings (SSSR count). The molecule has 6 heteroatoms. The number of carbonyl (C=O) groups is 1. The van der Waals surface area contributed by atoms with Crippen LogP contribution >= 0.6 is 11.8 Å². The standard InChI is InChI=1S/C15H20N4OS/c1-5-11-6-8-12(9-7-11)13-16-15(18-17-13)21-10(2)14(20)19(3)4/h6-10H,5H2,1-4H3,(H,16,17,18)/t10-/m0/s1. The molecule has 0 fully saturated rings. The maximum atomic E-state index is 11.8. The number of thioether (sulfide) groups is 1. The minimum Gasteiger partial charge on any atom is -0.348 e. The van der Waals surface area contributed by atoms with Gasteiger partial charge in [0, 0.05) is 19.7 Å². The van der Waals surface area contributed by atoms with E-state index in [1.165, 1.54) is 17.3 Å². The molecule has 2 aromatic rings. The first kappa shape index (κ1) is 15.6. The van der Waals surface area contributed by atoms with Crippen molar-refractivity contribution in [2.24, 2.45) is 0 Å². The normalized spacial score (nSPS) is 12.2. The fourth-order valence-corrected chi connectivity index (χ4v) is 2.77. The van der Waals surface area contributed by atoms with E-state index in [-0.39, 0.29) is 11.2 Å². The highest BCUT2D eigenvalue weighted by molar-refractivity contribution is 8.00. The first-order chi connectivity index (χ1) is 10.0. The first-order valence-electron chi connectivity index (χ1n) is 6.90. The van der Waals surface area contributed by atoms with Gasteiger partial charge in [0.25, 0.3) is 0 Å². The molecule has 21 heavy (non-hydrogen) atoms. The van der Waals surface area contributed by atoms with E-state index in [0.29, 0.717) is 5.16 Å². The van der Waals surface area contributed by atoms with Gasteiger partial charge in [-0.2, -0.15) is 0 Å². The lowest BCUT2D eigenvalue weighted by molar-refractivity contribution is -0.127. The summed E-state index contributed by atoms with van der Waals surface area (Å²) >= 11 is 1.36. The molecule has 0 spiro atoms. The van der Waals surface area contributed by atoms with E-state index in [1.54, 1.807) is 19.0 Å². The number of nitrogens with zero attached hydrogens (tertiary/aromatic N) is 3. The van der Waals surface area contributed by atoms with Crippen LogP contribution in [-0.2, 0) is 11.2 Å². The van der Waals surface area contributed by atoms with Gasteiger partial charge >= 0.3 is 0 Å². The molecule has 0 aliphatic carbocycles. The number of rotatable bonds is 5.